The van der Waals surface area contributed by atoms with Gasteiger partial charge < -0.3 is 14.9 Å². The van der Waals surface area contributed by atoms with Crippen molar-refractivity contribution < 1.29 is 32.7 Å². The summed E-state index contributed by atoms with van der Waals surface area (Å²) in [4.78, 5) is 42.2. The fraction of sp³-hybridized carbons (Fsp3) is 0.682. The molecule has 0 radical (unpaired) electrons. The molecule has 4 rings (SSSR count). The van der Waals surface area contributed by atoms with Gasteiger partial charge in [-0.2, -0.15) is 13.2 Å². The summed E-state index contributed by atoms with van der Waals surface area (Å²) in [6.07, 6.45) is -2.13. The second-order valence-corrected chi connectivity index (χ2v) is 10.1. The third kappa shape index (κ3) is 5.03. The molecule has 0 aromatic carbocycles. The number of carboxylic acids is 1. The number of likely N-dealkylation sites (tertiary alicyclic amines) is 3. The van der Waals surface area contributed by atoms with Gasteiger partial charge in [-0.25, -0.2) is 4.79 Å². The number of alkyl halides is 3. The van der Waals surface area contributed by atoms with Crippen molar-refractivity contribution in [3.05, 3.63) is 22.4 Å². The number of carboxylic acid groups (broad SMARTS) is 1. The minimum absolute atomic E-state index is 0.0361. The molecule has 2 spiro atoms. The van der Waals surface area contributed by atoms with Gasteiger partial charge in [-0.15, -0.1) is 11.3 Å². The first-order valence-corrected chi connectivity index (χ1v) is 11.9. The largest absolute Gasteiger partial charge is 0.490 e. The van der Waals surface area contributed by atoms with Crippen molar-refractivity contribution in [1.29, 1.82) is 0 Å². The van der Waals surface area contributed by atoms with Gasteiger partial charge in [0.05, 0.1) is 5.41 Å². The normalized spacial score (nSPS) is 24.9. The van der Waals surface area contributed by atoms with Crippen molar-refractivity contribution in [3.8, 4) is 0 Å². The molecule has 1 unspecified atom stereocenters. The third-order valence-electron chi connectivity index (χ3n) is 7.32. The molecule has 0 aliphatic carbocycles. The van der Waals surface area contributed by atoms with Crippen LogP contribution in [0.15, 0.2) is 17.5 Å². The molecule has 184 valence electrons. The number of piperidine rings is 1. The molecule has 1 aromatic heterocycles. The predicted octanol–water partition coefficient (Wildman–Crippen LogP) is 3.06. The lowest BCUT2D eigenvalue weighted by Gasteiger charge is -2.46. The van der Waals surface area contributed by atoms with Crippen LogP contribution in [0.25, 0.3) is 0 Å². The van der Waals surface area contributed by atoms with E-state index in [1.165, 1.54) is 4.88 Å². The second-order valence-electron chi connectivity index (χ2n) is 9.03. The molecule has 33 heavy (non-hydrogen) atoms. The molecule has 3 aliphatic rings. The predicted molar refractivity (Wildman–Crippen MR) is 117 cm³/mol. The van der Waals surface area contributed by atoms with Gasteiger partial charge >= 0.3 is 12.1 Å². The van der Waals surface area contributed by atoms with Gasteiger partial charge in [-0.1, -0.05) is 6.07 Å². The molecule has 7 nitrogen and oxygen atoms in total. The van der Waals surface area contributed by atoms with E-state index in [9.17, 15) is 22.8 Å². The Balaban J connectivity index is 0.000000383. The van der Waals surface area contributed by atoms with Gasteiger partial charge in [-0.3, -0.25) is 14.5 Å². The van der Waals surface area contributed by atoms with Crippen LogP contribution in [0.5, 0.6) is 0 Å². The minimum Gasteiger partial charge on any atom is -0.475 e. The van der Waals surface area contributed by atoms with Crippen molar-refractivity contribution >= 4 is 29.1 Å². The van der Waals surface area contributed by atoms with Crippen molar-refractivity contribution in [3.63, 3.8) is 0 Å². The average molecular weight is 490 g/mol. The van der Waals surface area contributed by atoms with Crippen LogP contribution < -0.4 is 0 Å². The maximum absolute atomic E-state index is 13.3. The van der Waals surface area contributed by atoms with Gasteiger partial charge in [0.25, 0.3) is 0 Å². The Bertz CT molecular complexity index is 869. The quantitative estimate of drug-likeness (QED) is 0.706. The number of aliphatic carboxylic acids is 1. The number of thiophene rings is 1. The summed E-state index contributed by atoms with van der Waals surface area (Å²) in [6, 6.07) is 4.31. The summed E-state index contributed by atoms with van der Waals surface area (Å²) in [5, 5.41) is 9.26. The highest BCUT2D eigenvalue weighted by Gasteiger charge is 2.65. The van der Waals surface area contributed by atoms with Gasteiger partial charge in [0.15, 0.2) is 0 Å². The Hall–Kier alpha value is -2.14. The molecule has 3 aliphatic heterocycles. The fourth-order valence-corrected chi connectivity index (χ4v) is 6.21. The zero-order valence-electron chi connectivity index (χ0n) is 18.9. The minimum atomic E-state index is -5.08. The third-order valence-corrected chi connectivity index (χ3v) is 8.18. The van der Waals surface area contributed by atoms with Crippen LogP contribution in [0.3, 0.4) is 0 Å². The first kappa shape index (κ1) is 25.5. The number of hydrogen-bond donors (Lipinski definition) is 1. The molecule has 1 aromatic rings. The number of carbonyl (C=O) groups excluding carboxylic acids is 2. The topological polar surface area (TPSA) is 81.2 Å². The molecule has 1 atom stereocenters. The van der Waals surface area contributed by atoms with E-state index in [1.54, 1.807) is 6.92 Å². The Morgan fingerprint density at radius 1 is 1.15 bits per heavy atom. The van der Waals surface area contributed by atoms with Crippen LogP contribution >= 0.6 is 11.3 Å². The summed E-state index contributed by atoms with van der Waals surface area (Å²) in [5.41, 5.74) is -0.380. The van der Waals surface area contributed by atoms with Crippen LogP contribution in [0.4, 0.5) is 13.2 Å². The molecule has 3 saturated heterocycles. The molecular formula is C22H30F3N3O4S. The molecule has 4 heterocycles. The number of nitrogens with zero attached hydrogens (tertiary/aromatic N) is 3. The van der Waals surface area contributed by atoms with Crippen molar-refractivity contribution in [2.45, 2.75) is 45.8 Å². The zero-order valence-corrected chi connectivity index (χ0v) is 19.7. The standard InChI is InChI=1S/C20H29N3O2S.C2HF3O2/c1-3-22-11-8-20(18(22)25)15-23(16(2)24)14-19(20)6-9-21(10-7-19)13-17-5-4-12-26-17;3-2(4,5)1(6)7/h4-5,12H,3,6-11,13-15H2,1-2H3;(H,6,7). The molecule has 0 saturated carbocycles. The lowest BCUT2D eigenvalue weighted by Crippen LogP contribution is -2.52. The zero-order chi connectivity index (χ0) is 24.4. The Kier molecular flexibility index (Phi) is 7.42. The highest BCUT2D eigenvalue weighted by atomic mass is 32.1. The first-order chi connectivity index (χ1) is 15.4. The number of hydrogen-bond acceptors (Lipinski definition) is 5. The summed E-state index contributed by atoms with van der Waals surface area (Å²) in [5.74, 6) is -2.34. The van der Waals surface area contributed by atoms with Gasteiger partial charge in [0, 0.05) is 49.9 Å². The van der Waals surface area contributed by atoms with E-state index in [2.05, 4.69) is 29.3 Å². The van der Waals surface area contributed by atoms with E-state index in [0.29, 0.717) is 12.5 Å². The number of fused-ring (bicyclic) bond motifs is 1. The summed E-state index contributed by atoms with van der Waals surface area (Å²) in [6.45, 7) is 9.77. The highest BCUT2D eigenvalue weighted by molar-refractivity contribution is 7.09. The van der Waals surface area contributed by atoms with Crippen molar-refractivity contribution in [2.24, 2.45) is 10.8 Å². The van der Waals surface area contributed by atoms with Crippen molar-refractivity contribution in [1.82, 2.24) is 14.7 Å². The van der Waals surface area contributed by atoms with E-state index >= 15 is 0 Å². The molecular weight excluding hydrogens is 459 g/mol. The van der Waals surface area contributed by atoms with Crippen LogP contribution in [0, 0.1) is 10.8 Å². The van der Waals surface area contributed by atoms with Crippen LogP contribution in [-0.2, 0) is 20.9 Å². The van der Waals surface area contributed by atoms with E-state index in [-0.39, 0.29) is 16.7 Å². The van der Waals surface area contributed by atoms with E-state index in [0.717, 1.165) is 58.5 Å². The van der Waals surface area contributed by atoms with Crippen LogP contribution in [-0.4, -0.2) is 83.0 Å². The highest BCUT2D eigenvalue weighted by Crippen LogP contribution is 2.57. The monoisotopic (exact) mass is 489 g/mol. The Morgan fingerprint density at radius 2 is 1.79 bits per heavy atom. The summed E-state index contributed by atoms with van der Waals surface area (Å²) < 4.78 is 31.7. The van der Waals surface area contributed by atoms with Crippen LogP contribution in [0.2, 0.25) is 0 Å². The average Bonchev–Trinajstić information content (AvgIpc) is 3.45. The van der Waals surface area contributed by atoms with Gasteiger partial charge in [0.2, 0.25) is 11.8 Å². The first-order valence-electron chi connectivity index (χ1n) is 11.0. The van der Waals surface area contributed by atoms with Crippen LogP contribution in [0.1, 0.15) is 38.0 Å². The maximum Gasteiger partial charge on any atom is 0.490 e. The number of amides is 2. The maximum atomic E-state index is 13.3. The van der Waals surface area contributed by atoms with Crippen molar-refractivity contribution in [2.75, 3.05) is 39.3 Å². The lowest BCUT2D eigenvalue weighted by atomic mass is 9.60. The molecule has 11 heteroatoms. The lowest BCUT2D eigenvalue weighted by molar-refractivity contribution is -0.192. The Labute approximate surface area is 195 Å². The molecule has 2 amide bonds. The second kappa shape index (κ2) is 9.61. The van der Waals surface area contributed by atoms with E-state index in [1.807, 2.05) is 21.1 Å². The number of carbonyl (C=O) groups is 3. The van der Waals surface area contributed by atoms with E-state index < -0.39 is 12.1 Å². The van der Waals surface area contributed by atoms with E-state index in [4.69, 9.17) is 9.90 Å². The summed E-state index contributed by atoms with van der Waals surface area (Å²) >= 11 is 1.81. The molecule has 3 fully saturated rings. The SMILES string of the molecule is CCN1CCC2(CN(C(C)=O)CC23CCN(Cc2cccs2)CC3)C1=O.O=C(O)C(F)(F)F. The smallest absolute Gasteiger partial charge is 0.475 e. The number of rotatable bonds is 3. The Morgan fingerprint density at radius 3 is 2.24 bits per heavy atom. The van der Waals surface area contributed by atoms with Gasteiger partial charge in [0.1, 0.15) is 0 Å². The van der Waals surface area contributed by atoms with Gasteiger partial charge in [-0.05, 0) is 50.7 Å². The molecule has 0 bridgehead atoms. The summed E-state index contributed by atoms with van der Waals surface area (Å²) in [7, 11) is 0. The molecule has 1 N–H and O–H groups in total. The fourth-order valence-electron chi connectivity index (χ4n) is 5.46. The number of halogens is 3.